The molecule has 1 aromatic rings. The fourth-order valence-corrected chi connectivity index (χ4v) is 1.38. The van der Waals surface area contributed by atoms with Gasteiger partial charge in [-0.15, -0.1) is 0 Å². The number of hydrogen-bond acceptors (Lipinski definition) is 4. The van der Waals surface area contributed by atoms with Gasteiger partial charge in [-0.05, 0) is 19.9 Å². The van der Waals surface area contributed by atoms with E-state index in [0.717, 1.165) is 12.3 Å². The van der Waals surface area contributed by atoms with Gasteiger partial charge >= 0.3 is 6.18 Å². The lowest BCUT2D eigenvalue weighted by molar-refractivity contribution is -0.141. The molecule has 18 heavy (non-hydrogen) atoms. The molecule has 0 saturated heterocycles. The predicted octanol–water partition coefficient (Wildman–Crippen LogP) is 2.48. The van der Waals surface area contributed by atoms with Crippen LogP contribution in [0.5, 0.6) is 0 Å². The first-order chi connectivity index (χ1) is 8.38. The Morgan fingerprint density at radius 2 is 2.17 bits per heavy atom. The third-order valence-corrected chi connectivity index (χ3v) is 2.31. The van der Waals surface area contributed by atoms with Gasteiger partial charge in [0.05, 0.1) is 12.0 Å². The van der Waals surface area contributed by atoms with Crippen LogP contribution in [0.2, 0.25) is 0 Å². The van der Waals surface area contributed by atoms with Gasteiger partial charge in [0, 0.05) is 19.3 Å². The Bertz CT molecular complexity index is 439. The first kappa shape index (κ1) is 14.2. The van der Waals surface area contributed by atoms with Gasteiger partial charge in [0.15, 0.2) is 0 Å². The normalized spacial score (nSPS) is 12.9. The van der Waals surface area contributed by atoms with Crippen molar-refractivity contribution in [2.75, 3.05) is 18.0 Å². The van der Waals surface area contributed by atoms with E-state index in [4.69, 9.17) is 5.26 Å². The lowest BCUT2D eigenvalue weighted by atomic mass is 10.2. The molecule has 0 fully saturated rings. The van der Waals surface area contributed by atoms with Crippen molar-refractivity contribution in [3.05, 3.63) is 18.0 Å². The number of nitriles is 1. The highest BCUT2D eigenvalue weighted by Gasteiger charge is 2.33. The lowest BCUT2D eigenvalue weighted by Gasteiger charge is -2.22. The molecule has 1 atom stereocenters. The standard InChI is InChI=1S/C11H13F3N4/c1-3-18(7-8(2)6-15)10-16-5-4-9(17-10)11(12,13)14/h4-5,8H,3,7H2,1-2H3. The first-order valence-corrected chi connectivity index (χ1v) is 5.43. The van der Waals surface area contributed by atoms with E-state index in [2.05, 4.69) is 9.97 Å². The van der Waals surface area contributed by atoms with E-state index in [-0.39, 0.29) is 11.9 Å². The maximum absolute atomic E-state index is 12.5. The van der Waals surface area contributed by atoms with E-state index >= 15 is 0 Å². The smallest absolute Gasteiger partial charge is 0.340 e. The largest absolute Gasteiger partial charge is 0.433 e. The monoisotopic (exact) mass is 258 g/mol. The molecule has 98 valence electrons. The molecular weight excluding hydrogens is 245 g/mol. The molecule has 0 aliphatic carbocycles. The molecule has 1 unspecified atom stereocenters. The minimum atomic E-state index is -4.49. The summed E-state index contributed by atoms with van der Waals surface area (Å²) in [4.78, 5) is 8.84. The van der Waals surface area contributed by atoms with Crippen molar-refractivity contribution < 1.29 is 13.2 Å². The third-order valence-electron chi connectivity index (χ3n) is 2.31. The van der Waals surface area contributed by atoms with Crippen LogP contribution in [0.25, 0.3) is 0 Å². The second kappa shape index (κ2) is 5.67. The molecule has 0 saturated carbocycles. The molecule has 0 aromatic carbocycles. The molecule has 0 aliphatic heterocycles. The molecule has 0 radical (unpaired) electrons. The average molecular weight is 258 g/mol. The zero-order valence-corrected chi connectivity index (χ0v) is 10.1. The summed E-state index contributed by atoms with van der Waals surface area (Å²) in [5, 5.41) is 8.71. The summed E-state index contributed by atoms with van der Waals surface area (Å²) in [7, 11) is 0. The van der Waals surface area contributed by atoms with Crippen LogP contribution in [0.1, 0.15) is 19.5 Å². The van der Waals surface area contributed by atoms with Gasteiger partial charge in [-0.25, -0.2) is 9.97 Å². The summed E-state index contributed by atoms with van der Waals surface area (Å²) in [5.41, 5.74) is -0.976. The number of rotatable bonds is 4. The Morgan fingerprint density at radius 1 is 1.50 bits per heavy atom. The van der Waals surface area contributed by atoms with Crippen LogP contribution in [0.3, 0.4) is 0 Å². The van der Waals surface area contributed by atoms with Crippen molar-refractivity contribution in [3.63, 3.8) is 0 Å². The number of halogens is 3. The number of anilines is 1. The number of nitrogens with zero attached hydrogens (tertiary/aromatic N) is 4. The Labute approximate surface area is 103 Å². The zero-order chi connectivity index (χ0) is 13.8. The maximum atomic E-state index is 12.5. The Hall–Kier alpha value is -1.84. The minimum absolute atomic E-state index is 0.00516. The second-order valence-electron chi connectivity index (χ2n) is 3.81. The maximum Gasteiger partial charge on any atom is 0.433 e. The van der Waals surface area contributed by atoms with Gasteiger partial charge in [0.1, 0.15) is 5.69 Å². The van der Waals surface area contributed by atoms with E-state index in [1.807, 2.05) is 6.07 Å². The van der Waals surface area contributed by atoms with Gasteiger partial charge in [-0.2, -0.15) is 18.4 Å². The molecule has 1 aromatic heterocycles. The van der Waals surface area contributed by atoms with Crippen molar-refractivity contribution >= 4 is 5.95 Å². The highest BCUT2D eigenvalue weighted by molar-refractivity contribution is 5.31. The van der Waals surface area contributed by atoms with Crippen LogP contribution >= 0.6 is 0 Å². The van der Waals surface area contributed by atoms with Crippen LogP contribution in [-0.2, 0) is 6.18 Å². The van der Waals surface area contributed by atoms with Crippen LogP contribution in [0.15, 0.2) is 12.3 Å². The Balaban J connectivity index is 2.97. The molecule has 7 heteroatoms. The predicted molar refractivity (Wildman–Crippen MR) is 59.7 cm³/mol. The molecule has 0 spiro atoms. The number of alkyl halides is 3. The van der Waals surface area contributed by atoms with Gasteiger partial charge in [0.2, 0.25) is 5.95 Å². The molecular formula is C11H13F3N4. The summed E-state index contributed by atoms with van der Waals surface area (Å²) in [6.07, 6.45) is -3.41. The zero-order valence-electron chi connectivity index (χ0n) is 10.1. The second-order valence-corrected chi connectivity index (χ2v) is 3.81. The van der Waals surface area contributed by atoms with Crippen molar-refractivity contribution in [2.45, 2.75) is 20.0 Å². The summed E-state index contributed by atoms with van der Waals surface area (Å²) in [6.45, 7) is 4.20. The number of aromatic nitrogens is 2. The Morgan fingerprint density at radius 3 is 2.67 bits per heavy atom. The van der Waals surface area contributed by atoms with Gasteiger partial charge in [-0.1, -0.05) is 0 Å². The van der Waals surface area contributed by atoms with Crippen molar-refractivity contribution in [1.29, 1.82) is 5.26 Å². The van der Waals surface area contributed by atoms with Gasteiger partial charge < -0.3 is 4.90 Å². The average Bonchev–Trinajstić information content (AvgIpc) is 2.34. The van der Waals surface area contributed by atoms with Gasteiger partial charge in [-0.3, -0.25) is 0 Å². The van der Waals surface area contributed by atoms with Gasteiger partial charge in [0.25, 0.3) is 0 Å². The molecule has 0 amide bonds. The fraction of sp³-hybridized carbons (Fsp3) is 0.545. The van der Waals surface area contributed by atoms with Crippen LogP contribution < -0.4 is 4.90 Å². The van der Waals surface area contributed by atoms with Crippen molar-refractivity contribution in [3.8, 4) is 6.07 Å². The molecule has 0 bridgehead atoms. The first-order valence-electron chi connectivity index (χ1n) is 5.43. The summed E-state index contributed by atoms with van der Waals surface area (Å²) < 4.78 is 37.5. The van der Waals surface area contributed by atoms with E-state index in [0.29, 0.717) is 13.1 Å². The lowest BCUT2D eigenvalue weighted by Crippen LogP contribution is -2.30. The van der Waals surface area contributed by atoms with Crippen LogP contribution in [-0.4, -0.2) is 23.1 Å². The fourth-order valence-electron chi connectivity index (χ4n) is 1.38. The summed E-state index contributed by atoms with van der Waals surface area (Å²) in [6, 6.07) is 2.85. The minimum Gasteiger partial charge on any atom is -0.340 e. The van der Waals surface area contributed by atoms with E-state index < -0.39 is 11.9 Å². The van der Waals surface area contributed by atoms with Crippen molar-refractivity contribution in [2.24, 2.45) is 5.92 Å². The van der Waals surface area contributed by atoms with Crippen LogP contribution in [0.4, 0.5) is 19.1 Å². The highest BCUT2D eigenvalue weighted by Crippen LogP contribution is 2.28. The van der Waals surface area contributed by atoms with Crippen LogP contribution in [0, 0.1) is 17.2 Å². The van der Waals surface area contributed by atoms with Crippen molar-refractivity contribution in [1.82, 2.24) is 9.97 Å². The van der Waals surface area contributed by atoms with E-state index in [1.165, 1.54) is 0 Å². The highest BCUT2D eigenvalue weighted by atomic mass is 19.4. The van der Waals surface area contributed by atoms with E-state index in [1.54, 1.807) is 18.7 Å². The molecule has 4 nitrogen and oxygen atoms in total. The molecule has 1 rings (SSSR count). The molecule has 0 N–H and O–H groups in total. The topological polar surface area (TPSA) is 52.8 Å². The Kier molecular flexibility index (Phi) is 4.48. The SMILES string of the molecule is CCN(CC(C)C#N)c1nccc(C(F)(F)F)n1. The van der Waals surface area contributed by atoms with E-state index in [9.17, 15) is 13.2 Å². The summed E-state index contributed by atoms with van der Waals surface area (Å²) >= 11 is 0. The molecule has 1 heterocycles. The number of hydrogen-bond donors (Lipinski definition) is 0. The quantitative estimate of drug-likeness (QED) is 0.832. The molecule has 0 aliphatic rings. The summed E-state index contributed by atoms with van der Waals surface area (Å²) in [5.74, 6) is -0.308. The third kappa shape index (κ3) is 3.58.